The number of methoxy groups -OCH3 is 2. The summed E-state index contributed by atoms with van der Waals surface area (Å²) in [7, 11) is 2.98. The van der Waals surface area contributed by atoms with E-state index in [4.69, 9.17) is 19.6 Å². The van der Waals surface area contributed by atoms with Crippen LogP contribution in [-0.4, -0.2) is 27.4 Å². The van der Waals surface area contributed by atoms with E-state index in [1.54, 1.807) is 12.1 Å². The van der Waals surface area contributed by atoms with Crippen LogP contribution in [0.3, 0.4) is 0 Å². The smallest absolute Gasteiger partial charge is 0.416 e. The number of hydrogen-bond acceptors (Lipinski definition) is 4. The third-order valence-electron chi connectivity index (χ3n) is 4.42. The third-order valence-corrected chi connectivity index (χ3v) is 4.42. The minimum Gasteiger partial charge on any atom is -0.467 e. The summed E-state index contributed by atoms with van der Waals surface area (Å²) in [6, 6.07) is 6.93. The highest BCUT2D eigenvalue weighted by Crippen LogP contribution is 2.48. The molecule has 0 amide bonds. The summed E-state index contributed by atoms with van der Waals surface area (Å²) in [6.45, 7) is 0.262. The van der Waals surface area contributed by atoms with Crippen molar-refractivity contribution in [1.82, 2.24) is 0 Å². The minimum atomic E-state index is -4.45. The molecule has 1 aliphatic rings. The Hall–Kier alpha value is -2.09. The molecule has 0 spiro atoms. The molecular formula is C18H18F3NO3. The Kier molecular flexibility index (Phi) is 4.49. The maximum Gasteiger partial charge on any atom is 0.416 e. The lowest BCUT2D eigenvalue weighted by Crippen LogP contribution is -2.39. The zero-order valence-electron chi connectivity index (χ0n) is 13.8. The van der Waals surface area contributed by atoms with Gasteiger partial charge in [0, 0.05) is 14.2 Å². The monoisotopic (exact) mass is 353 g/mol. The van der Waals surface area contributed by atoms with E-state index in [2.05, 4.69) is 0 Å². The lowest BCUT2D eigenvalue weighted by molar-refractivity contribution is -0.137. The van der Waals surface area contributed by atoms with Crippen LogP contribution in [0.2, 0.25) is 0 Å². The van der Waals surface area contributed by atoms with E-state index < -0.39 is 17.3 Å². The molecule has 25 heavy (non-hydrogen) atoms. The summed E-state index contributed by atoms with van der Waals surface area (Å²) in [5.74, 6) is 0.437. The van der Waals surface area contributed by atoms with Crippen molar-refractivity contribution < 1.29 is 27.1 Å². The van der Waals surface area contributed by atoms with Gasteiger partial charge in [-0.05, 0) is 46.5 Å². The first-order valence-corrected chi connectivity index (χ1v) is 7.59. The van der Waals surface area contributed by atoms with Crippen LogP contribution in [0.1, 0.15) is 22.5 Å². The average molecular weight is 353 g/mol. The summed E-state index contributed by atoms with van der Waals surface area (Å²) in [6.07, 6.45) is -2.97. The molecule has 1 aromatic heterocycles. The normalized spacial score (nSPS) is 20.2. The molecule has 134 valence electrons. The van der Waals surface area contributed by atoms with Crippen molar-refractivity contribution in [3.8, 4) is 0 Å². The van der Waals surface area contributed by atoms with E-state index in [1.807, 2.05) is 0 Å². The highest BCUT2D eigenvalue weighted by molar-refractivity contribution is 5.83. The van der Waals surface area contributed by atoms with Crippen LogP contribution in [0.4, 0.5) is 13.2 Å². The zero-order valence-corrected chi connectivity index (χ0v) is 13.8. The zero-order chi connectivity index (χ0) is 18.2. The molecule has 0 bridgehead atoms. The highest BCUT2D eigenvalue weighted by atomic mass is 19.4. The number of rotatable bonds is 5. The fraction of sp³-hybridized carbons (Fsp3) is 0.333. The van der Waals surface area contributed by atoms with Crippen LogP contribution in [-0.2, 0) is 21.2 Å². The van der Waals surface area contributed by atoms with Crippen LogP contribution in [0.5, 0.6) is 0 Å². The number of nitrogens with two attached hydrogens (primary N) is 1. The van der Waals surface area contributed by atoms with Crippen LogP contribution < -0.4 is 5.73 Å². The van der Waals surface area contributed by atoms with Gasteiger partial charge < -0.3 is 19.6 Å². The van der Waals surface area contributed by atoms with Gasteiger partial charge in [0.05, 0.1) is 25.0 Å². The molecule has 1 heterocycles. The Balaban J connectivity index is 2.28. The summed E-state index contributed by atoms with van der Waals surface area (Å²) in [4.78, 5) is 0. The molecule has 0 unspecified atom stereocenters. The molecule has 0 saturated carbocycles. The fourth-order valence-corrected chi connectivity index (χ4v) is 3.32. The topological polar surface area (TPSA) is 57.6 Å². The molecule has 1 aromatic carbocycles. The molecule has 0 radical (unpaired) electrons. The van der Waals surface area contributed by atoms with Gasteiger partial charge in [0.15, 0.2) is 0 Å². The van der Waals surface area contributed by atoms with E-state index >= 15 is 0 Å². The Bertz CT molecular complexity index is 796. The van der Waals surface area contributed by atoms with Gasteiger partial charge in [0.25, 0.3) is 0 Å². The van der Waals surface area contributed by atoms with Gasteiger partial charge in [-0.15, -0.1) is 0 Å². The minimum absolute atomic E-state index is 0.118. The number of ether oxygens (including phenoxy) is 2. The van der Waals surface area contributed by atoms with Crippen molar-refractivity contribution in [2.24, 2.45) is 5.73 Å². The summed E-state index contributed by atoms with van der Waals surface area (Å²) in [5.41, 5.74) is 6.90. The molecule has 0 saturated heterocycles. The number of furan rings is 1. The first-order chi connectivity index (χ1) is 11.8. The maximum absolute atomic E-state index is 13.2. The number of halogens is 3. The van der Waals surface area contributed by atoms with Crippen LogP contribution in [0.25, 0.3) is 5.57 Å². The molecular weight excluding hydrogens is 335 g/mol. The molecule has 3 rings (SSSR count). The summed E-state index contributed by atoms with van der Waals surface area (Å²) >= 11 is 0. The first-order valence-electron chi connectivity index (χ1n) is 7.59. The van der Waals surface area contributed by atoms with Crippen molar-refractivity contribution in [2.75, 3.05) is 27.4 Å². The molecule has 2 aromatic rings. The fourth-order valence-electron chi connectivity index (χ4n) is 3.32. The van der Waals surface area contributed by atoms with Gasteiger partial charge in [-0.3, -0.25) is 0 Å². The number of hydrogen-bond donors (Lipinski definition) is 1. The molecule has 1 atom stereocenters. The molecule has 7 heteroatoms. The first kappa shape index (κ1) is 17.7. The molecule has 1 aliphatic carbocycles. The van der Waals surface area contributed by atoms with Gasteiger partial charge >= 0.3 is 6.18 Å². The predicted molar refractivity (Wildman–Crippen MR) is 85.8 cm³/mol. The number of fused-ring (bicyclic) bond motifs is 1. The number of benzene rings is 1. The van der Waals surface area contributed by atoms with Crippen molar-refractivity contribution in [1.29, 1.82) is 0 Å². The van der Waals surface area contributed by atoms with Crippen LogP contribution in [0, 0.1) is 0 Å². The van der Waals surface area contributed by atoms with E-state index in [1.165, 1.54) is 26.5 Å². The Morgan fingerprint density at radius 3 is 2.40 bits per heavy atom. The second kappa shape index (κ2) is 6.33. The largest absolute Gasteiger partial charge is 0.467 e. The van der Waals surface area contributed by atoms with Crippen LogP contribution >= 0.6 is 0 Å². The molecule has 0 aliphatic heterocycles. The van der Waals surface area contributed by atoms with Crippen molar-refractivity contribution in [3.63, 3.8) is 0 Å². The van der Waals surface area contributed by atoms with Crippen molar-refractivity contribution in [3.05, 3.63) is 64.6 Å². The van der Waals surface area contributed by atoms with Gasteiger partial charge in [0.2, 0.25) is 0 Å². The lowest BCUT2D eigenvalue weighted by atomic mass is 9.85. The van der Waals surface area contributed by atoms with E-state index in [0.717, 1.165) is 12.1 Å². The Labute approximate surface area is 143 Å². The van der Waals surface area contributed by atoms with Crippen molar-refractivity contribution >= 4 is 5.57 Å². The molecule has 4 nitrogen and oxygen atoms in total. The molecule has 0 fully saturated rings. The lowest BCUT2D eigenvalue weighted by Gasteiger charge is -2.27. The van der Waals surface area contributed by atoms with E-state index in [0.29, 0.717) is 28.0 Å². The second-order valence-electron chi connectivity index (χ2n) is 5.87. The van der Waals surface area contributed by atoms with Crippen molar-refractivity contribution in [2.45, 2.75) is 11.7 Å². The molecule has 2 N–H and O–H groups in total. The van der Waals surface area contributed by atoms with E-state index in [9.17, 15) is 13.2 Å². The van der Waals surface area contributed by atoms with E-state index in [-0.39, 0.29) is 13.2 Å². The number of alkyl halides is 3. The predicted octanol–water partition coefficient (Wildman–Crippen LogP) is 3.56. The van der Waals surface area contributed by atoms with Crippen LogP contribution in [0.15, 0.2) is 46.6 Å². The second-order valence-corrected chi connectivity index (χ2v) is 5.87. The van der Waals surface area contributed by atoms with Gasteiger partial charge in [-0.25, -0.2) is 0 Å². The van der Waals surface area contributed by atoms with Gasteiger partial charge in [-0.1, -0.05) is 6.07 Å². The quantitative estimate of drug-likeness (QED) is 0.893. The maximum atomic E-state index is 13.2. The van der Waals surface area contributed by atoms with Gasteiger partial charge in [-0.2, -0.15) is 13.2 Å². The Morgan fingerprint density at radius 1 is 1.12 bits per heavy atom. The van der Waals surface area contributed by atoms with Gasteiger partial charge in [0.1, 0.15) is 11.3 Å². The summed E-state index contributed by atoms with van der Waals surface area (Å²) < 4.78 is 55.5. The summed E-state index contributed by atoms with van der Waals surface area (Å²) in [5, 5.41) is 0. The highest BCUT2D eigenvalue weighted by Gasteiger charge is 2.46. The standard InChI is InChI=1S/C18H18F3NO3/c1-23-9-13-12-8-11(18(19,20)21)5-6-14(12)17(22,15(13)10-24-2)16-4-3-7-25-16/h3-8H,9-10,22H2,1-2H3/t17-/m0/s1. The SMILES string of the molecule is COCC1=C(COC)[C@](N)(c2ccco2)c2ccc(C(F)(F)F)cc21. The average Bonchev–Trinajstić information content (AvgIpc) is 3.17. The Morgan fingerprint density at radius 2 is 1.84 bits per heavy atom. The third kappa shape index (κ3) is 2.78.